The summed E-state index contributed by atoms with van der Waals surface area (Å²) in [5.74, 6) is 1.80. The number of amides is 2. The van der Waals surface area contributed by atoms with Crippen molar-refractivity contribution in [2.75, 3.05) is 29.9 Å². The predicted molar refractivity (Wildman–Crippen MR) is 108 cm³/mol. The van der Waals surface area contributed by atoms with Crippen molar-refractivity contribution < 1.29 is 9.53 Å². The van der Waals surface area contributed by atoms with Gasteiger partial charge < -0.3 is 20.3 Å². The van der Waals surface area contributed by atoms with Crippen LogP contribution in [0.2, 0.25) is 0 Å². The number of rotatable bonds is 6. The first-order valence-corrected chi connectivity index (χ1v) is 9.72. The minimum absolute atomic E-state index is 0.229. The Bertz CT molecular complexity index is 725. The second kappa shape index (κ2) is 9.80. The van der Waals surface area contributed by atoms with Gasteiger partial charge in [-0.25, -0.2) is 9.78 Å². The van der Waals surface area contributed by atoms with Gasteiger partial charge in [0.05, 0.1) is 6.61 Å². The number of hydrogen-bond acceptors (Lipinski definition) is 4. The molecule has 27 heavy (non-hydrogen) atoms. The fourth-order valence-electron chi connectivity index (χ4n) is 3.20. The van der Waals surface area contributed by atoms with Crippen molar-refractivity contribution in [2.45, 2.75) is 39.2 Å². The van der Waals surface area contributed by atoms with E-state index in [0.29, 0.717) is 13.2 Å². The minimum Gasteiger partial charge on any atom is -0.494 e. The van der Waals surface area contributed by atoms with Gasteiger partial charge in [0, 0.05) is 31.5 Å². The van der Waals surface area contributed by atoms with Crippen LogP contribution in [0.5, 0.6) is 5.75 Å². The Balaban J connectivity index is 1.51. The van der Waals surface area contributed by atoms with E-state index in [-0.39, 0.29) is 6.03 Å². The van der Waals surface area contributed by atoms with E-state index in [9.17, 15) is 4.79 Å². The largest absolute Gasteiger partial charge is 0.494 e. The van der Waals surface area contributed by atoms with Gasteiger partial charge in [0.25, 0.3) is 0 Å². The molecule has 2 N–H and O–H groups in total. The van der Waals surface area contributed by atoms with Gasteiger partial charge in [-0.1, -0.05) is 12.8 Å². The molecular formula is C21H28N4O2. The molecule has 0 saturated carbocycles. The highest BCUT2D eigenvalue weighted by molar-refractivity contribution is 5.89. The molecule has 6 nitrogen and oxygen atoms in total. The van der Waals surface area contributed by atoms with Crippen LogP contribution in [0.25, 0.3) is 0 Å². The fraction of sp³-hybridized carbons (Fsp3) is 0.429. The van der Waals surface area contributed by atoms with Crippen LogP contribution in [0.3, 0.4) is 0 Å². The summed E-state index contributed by atoms with van der Waals surface area (Å²) in [7, 11) is 0. The monoisotopic (exact) mass is 368 g/mol. The first-order chi connectivity index (χ1) is 13.2. The molecule has 1 aromatic heterocycles. The second-order valence-corrected chi connectivity index (χ2v) is 6.69. The van der Waals surface area contributed by atoms with E-state index in [1.54, 1.807) is 0 Å². The lowest BCUT2D eigenvalue weighted by Gasteiger charge is -2.21. The van der Waals surface area contributed by atoms with Crippen LogP contribution in [0, 0.1) is 0 Å². The molecule has 1 saturated heterocycles. The molecule has 1 aromatic carbocycles. The van der Waals surface area contributed by atoms with E-state index in [2.05, 4.69) is 26.6 Å². The predicted octanol–water partition coefficient (Wildman–Crippen LogP) is 4.18. The van der Waals surface area contributed by atoms with Crippen molar-refractivity contribution in [2.24, 2.45) is 0 Å². The molecule has 0 radical (unpaired) electrons. The summed E-state index contributed by atoms with van der Waals surface area (Å²) < 4.78 is 5.40. The molecule has 0 atom stereocenters. The van der Waals surface area contributed by atoms with Gasteiger partial charge >= 0.3 is 6.03 Å². The molecule has 2 amide bonds. The second-order valence-electron chi connectivity index (χ2n) is 6.69. The Hall–Kier alpha value is -2.76. The number of ether oxygens (including phenoxy) is 1. The lowest BCUT2D eigenvalue weighted by molar-refractivity contribution is 0.251. The number of benzene rings is 1. The first kappa shape index (κ1) is 19.0. The highest BCUT2D eigenvalue weighted by Gasteiger charge is 2.11. The maximum absolute atomic E-state index is 12.1. The molecule has 2 heterocycles. The third-order valence-electron chi connectivity index (χ3n) is 4.62. The number of carbonyl (C=O) groups excluding carboxylic acids is 1. The van der Waals surface area contributed by atoms with Crippen molar-refractivity contribution in [3.8, 4) is 5.75 Å². The molecule has 2 aromatic rings. The van der Waals surface area contributed by atoms with E-state index in [4.69, 9.17) is 4.74 Å². The van der Waals surface area contributed by atoms with Crippen LogP contribution < -0.4 is 20.3 Å². The van der Waals surface area contributed by atoms with E-state index in [1.165, 1.54) is 25.7 Å². The van der Waals surface area contributed by atoms with Gasteiger partial charge in [-0.15, -0.1) is 0 Å². The van der Waals surface area contributed by atoms with Gasteiger partial charge in [0.15, 0.2) is 0 Å². The average molecular weight is 368 g/mol. The van der Waals surface area contributed by atoms with Crippen LogP contribution >= 0.6 is 0 Å². The molecule has 0 bridgehead atoms. The topological polar surface area (TPSA) is 66.5 Å². The van der Waals surface area contributed by atoms with Gasteiger partial charge in [0.2, 0.25) is 0 Å². The number of urea groups is 1. The maximum atomic E-state index is 12.1. The molecule has 1 aliphatic heterocycles. The van der Waals surface area contributed by atoms with Crippen LogP contribution in [0.4, 0.5) is 16.3 Å². The van der Waals surface area contributed by atoms with Crippen molar-refractivity contribution >= 4 is 17.5 Å². The summed E-state index contributed by atoms with van der Waals surface area (Å²) in [6.45, 7) is 5.14. The molecule has 0 spiro atoms. The maximum Gasteiger partial charge on any atom is 0.319 e. The zero-order chi connectivity index (χ0) is 18.9. The molecule has 6 heteroatoms. The standard InChI is InChI=1S/C21H28N4O2/c1-2-27-19-9-7-18(8-10-19)24-21(26)23-16-17-11-12-22-20(15-17)25-13-5-3-4-6-14-25/h7-12,15H,2-6,13-14,16H2,1H3,(H2,23,24,26). The lowest BCUT2D eigenvalue weighted by Crippen LogP contribution is -2.28. The van der Waals surface area contributed by atoms with Crippen molar-refractivity contribution in [3.05, 3.63) is 48.2 Å². The van der Waals surface area contributed by atoms with Gasteiger partial charge in [-0.3, -0.25) is 0 Å². The van der Waals surface area contributed by atoms with Crippen molar-refractivity contribution in [1.82, 2.24) is 10.3 Å². The number of aromatic nitrogens is 1. The van der Waals surface area contributed by atoms with E-state index in [1.807, 2.05) is 43.5 Å². The van der Waals surface area contributed by atoms with Crippen LogP contribution in [0.1, 0.15) is 38.2 Å². The van der Waals surface area contributed by atoms with E-state index in [0.717, 1.165) is 35.9 Å². The number of anilines is 2. The zero-order valence-electron chi connectivity index (χ0n) is 15.9. The summed E-state index contributed by atoms with van der Waals surface area (Å²) in [5, 5.41) is 5.74. The Kier molecular flexibility index (Phi) is 6.90. The molecule has 0 aliphatic carbocycles. The summed E-state index contributed by atoms with van der Waals surface area (Å²) in [6, 6.07) is 11.1. The van der Waals surface area contributed by atoms with E-state index >= 15 is 0 Å². The number of carbonyl (C=O) groups is 1. The van der Waals surface area contributed by atoms with Gasteiger partial charge in [-0.2, -0.15) is 0 Å². The lowest BCUT2D eigenvalue weighted by atomic mass is 10.2. The van der Waals surface area contributed by atoms with Crippen LogP contribution in [0.15, 0.2) is 42.6 Å². The smallest absolute Gasteiger partial charge is 0.319 e. The summed E-state index contributed by atoms with van der Waals surface area (Å²) >= 11 is 0. The molecule has 144 valence electrons. The highest BCUT2D eigenvalue weighted by Crippen LogP contribution is 2.18. The molecule has 0 unspecified atom stereocenters. The Labute approximate surface area is 160 Å². The fourth-order valence-corrected chi connectivity index (χ4v) is 3.20. The number of nitrogens with zero attached hydrogens (tertiary/aromatic N) is 2. The zero-order valence-corrected chi connectivity index (χ0v) is 15.9. The van der Waals surface area contributed by atoms with Gasteiger partial charge in [0.1, 0.15) is 11.6 Å². The molecule has 3 rings (SSSR count). The first-order valence-electron chi connectivity index (χ1n) is 9.72. The quantitative estimate of drug-likeness (QED) is 0.803. The SMILES string of the molecule is CCOc1ccc(NC(=O)NCc2ccnc(N3CCCCCC3)c2)cc1. The average Bonchev–Trinajstić information content (AvgIpc) is 2.98. The molecular weight excluding hydrogens is 340 g/mol. The summed E-state index contributed by atoms with van der Waals surface area (Å²) in [4.78, 5) is 19.0. The van der Waals surface area contributed by atoms with Gasteiger partial charge in [-0.05, 0) is 61.7 Å². The van der Waals surface area contributed by atoms with Crippen LogP contribution in [-0.4, -0.2) is 30.7 Å². The summed E-state index contributed by atoms with van der Waals surface area (Å²) in [6.07, 6.45) is 6.85. The van der Waals surface area contributed by atoms with Crippen molar-refractivity contribution in [3.63, 3.8) is 0 Å². The van der Waals surface area contributed by atoms with Crippen molar-refractivity contribution in [1.29, 1.82) is 0 Å². The number of pyridine rings is 1. The molecule has 1 fully saturated rings. The summed E-state index contributed by atoms with van der Waals surface area (Å²) in [5.41, 5.74) is 1.78. The third-order valence-corrected chi connectivity index (χ3v) is 4.62. The third kappa shape index (κ3) is 5.88. The molecule has 1 aliphatic rings. The highest BCUT2D eigenvalue weighted by atomic mass is 16.5. The Morgan fingerprint density at radius 2 is 1.85 bits per heavy atom. The Morgan fingerprint density at radius 1 is 1.11 bits per heavy atom. The normalized spacial score (nSPS) is 14.3. The van der Waals surface area contributed by atoms with E-state index < -0.39 is 0 Å². The van der Waals surface area contributed by atoms with Crippen LogP contribution in [-0.2, 0) is 6.54 Å². The number of nitrogens with one attached hydrogen (secondary N) is 2. The number of hydrogen-bond donors (Lipinski definition) is 2. The minimum atomic E-state index is -0.229. The Morgan fingerprint density at radius 3 is 2.56 bits per heavy atom.